The lowest BCUT2D eigenvalue weighted by molar-refractivity contribution is -0.144. The Bertz CT molecular complexity index is 496. The van der Waals surface area contributed by atoms with Gasteiger partial charge in [-0.25, -0.2) is 4.39 Å². The number of ether oxygens (including phenoxy) is 1. The van der Waals surface area contributed by atoms with Crippen molar-refractivity contribution in [3.05, 3.63) is 35.6 Å². The molecule has 1 aromatic rings. The van der Waals surface area contributed by atoms with Gasteiger partial charge in [0, 0.05) is 24.9 Å². The number of rotatable bonds is 7. The van der Waals surface area contributed by atoms with Crippen molar-refractivity contribution in [2.24, 2.45) is 5.92 Å². The molecule has 21 heavy (non-hydrogen) atoms. The number of methoxy groups -OCH3 is 1. The summed E-state index contributed by atoms with van der Waals surface area (Å²) >= 11 is 1.37. The largest absolute Gasteiger partial charge is 0.469 e. The average Bonchev–Trinajstić information content (AvgIpc) is 2.48. The van der Waals surface area contributed by atoms with E-state index < -0.39 is 0 Å². The number of carbonyl (C=O) groups is 2. The van der Waals surface area contributed by atoms with Crippen LogP contribution < -0.4 is 0 Å². The Morgan fingerprint density at radius 1 is 1.38 bits per heavy atom. The predicted molar refractivity (Wildman–Crippen MR) is 81.4 cm³/mol. The Morgan fingerprint density at radius 2 is 2.05 bits per heavy atom. The van der Waals surface area contributed by atoms with Crippen molar-refractivity contribution in [2.45, 2.75) is 13.5 Å². The molecular formula is C15H20FNO3S. The maximum absolute atomic E-state index is 13.5. The van der Waals surface area contributed by atoms with E-state index in [0.717, 1.165) is 0 Å². The molecule has 6 heteroatoms. The summed E-state index contributed by atoms with van der Waals surface area (Å²) in [4.78, 5) is 24.7. The van der Waals surface area contributed by atoms with Crippen molar-refractivity contribution >= 4 is 23.6 Å². The normalized spacial score (nSPS) is 11.8. The molecule has 1 rings (SSSR count). The minimum Gasteiger partial charge on any atom is -0.469 e. The third kappa shape index (κ3) is 5.75. The minimum atomic E-state index is -0.316. The van der Waals surface area contributed by atoms with E-state index >= 15 is 0 Å². The molecule has 116 valence electrons. The number of hydrogen-bond donors (Lipinski definition) is 0. The fourth-order valence-corrected chi connectivity index (χ4v) is 2.68. The summed E-state index contributed by atoms with van der Waals surface area (Å²) in [6.45, 7) is 1.99. The summed E-state index contributed by atoms with van der Waals surface area (Å²) in [5, 5.41) is 0. The lowest BCUT2D eigenvalue weighted by Gasteiger charge is -2.18. The number of hydrogen-bond acceptors (Lipinski definition) is 4. The molecule has 0 N–H and O–H groups in total. The first-order chi connectivity index (χ1) is 9.95. The summed E-state index contributed by atoms with van der Waals surface area (Å²) in [6.07, 6.45) is 0. The highest BCUT2D eigenvalue weighted by Gasteiger charge is 2.15. The monoisotopic (exact) mass is 313 g/mol. The first kappa shape index (κ1) is 17.5. The Labute approximate surface area is 128 Å². The fraction of sp³-hybridized carbons (Fsp3) is 0.467. The molecule has 0 saturated carbocycles. The van der Waals surface area contributed by atoms with E-state index in [-0.39, 0.29) is 35.9 Å². The first-order valence-electron chi connectivity index (χ1n) is 6.58. The molecule has 0 saturated heterocycles. The van der Waals surface area contributed by atoms with E-state index in [2.05, 4.69) is 4.74 Å². The molecule has 1 aromatic carbocycles. The molecule has 0 aromatic heterocycles. The molecule has 0 aliphatic rings. The predicted octanol–water partition coefficient (Wildman–Crippen LogP) is 2.33. The average molecular weight is 313 g/mol. The topological polar surface area (TPSA) is 46.6 Å². The quantitative estimate of drug-likeness (QED) is 0.725. The zero-order valence-electron chi connectivity index (χ0n) is 12.5. The molecule has 0 aliphatic heterocycles. The van der Waals surface area contributed by atoms with Crippen LogP contribution in [-0.4, -0.2) is 42.4 Å². The Morgan fingerprint density at radius 3 is 2.67 bits per heavy atom. The molecule has 0 bridgehead atoms. The van der Waals surface area contributed by atoms with Crippen molar-refractivity contribution in [3.63, 3.8) is 0 Å². The van der Waals surface area contributed by atoms with Gasteiger partial charge in [-0.05, 0) is 6.07 Å². The zero-order chi connectivity index (χ0) is 15.8. The van der Waals surface area contributed by atoms with E-state index in [4.69, 9.17) is 0 Å². The highest BCUT2D eigenvalue weighted by Crippen LogP contribution is 2.13. The van der Waals surface area contributed by atoms with E-state index in [9.17, 15) is 14.0 Å². The van der Waals surface area contributed by atoms with Crippen LogP contribution in [0.15, 0.2) is 24.3 Å². The lowest BCUT2D eigenvalue weighted by atomic mass is 10.2. The van der Waals surface area contributed by atoms with Crippen molar-refractivity contribution in [2.75, 3.05) is 25.7 Å². The Balaban J connectivity index is 2.38. The van der Waals surface area contributed by atoms with Gasteiger partial charge in [0.15, 0.2) is 0 Å². The van der Waals surface area contributed by atoms with Gasteiger partial charge in [-0.2, -0.15) is 11.8 Å². The maximum atomic E-state index is 13.5. The molecule has 0 spiro atoms. The smallest absolute Gasteiger partial charge is 0.309 e. The SMILES string of the molecule is COC(=O)C(C)CSCC(=O)N(C)Cc1ccccc1F. The van der Waals surface area contributed by atoms with E-state index in [0.29, 0.717) is 11.3 Å². The first-order valence-corrected chi connectivity index (χ1v) is 7.74. The minimum absolute atomic E-state index is 0.0969. The van der Waals surface area contributed by atoms with E-state index in [1.807, 2.05) is 0 Å². The number of halogens is 1. The second-order valence-corrected chi connectivity index (χ2v) is 5.81. The van der Waals surface area contributed by atoms with Crippen LogP contribution in [0.5, 0.6) is 0 Å². The Kier molecular flexibility index (Phi) is 7.22. The standard InChI is InChI=1S/C15H20FNO3S/c1-11(15(19)20-3)9-21-10-14(18)17(2)8-12-6-4-5-7-13(12)16/h4-7,11H,8-10H2,1-3H3. The lowest BCUT2D eigenvalue weighted by Crippen LogP contribution is -2.28. The van der Waals surface area contributed by atoms with Gasteiger partial charge in [0.1, 0.15) is 5.82 Å². The van der Waals surface area contributed by atoms with Crippen LogP contribution in [0.1, 0.15) is 12.5 Å². The van der Waals surface area contributed by atoms with Gasteiger partial charge in [-0.1, -0.05) is 25.1 Å². The number of esters is 1. The molecule has 1 atom stereocenters. The van der Waals surface area contributed by atoms with Crippen LogP contribution in [0, 0.1) is 11.7 Å². The third-order valence-electron chi connectivity index (χ3n) is 2.99. The molecule has 0 fully saturated rings. The highest BCUT2D eigenvalue weighted by atomic mass is 32.2. The Hall–Kier alpha value is -1.56. The summed E-state index contributed by atoms with van der Waals surface area (Å²) in [6, 6.07) is 6.39. The highest BCUT2D eigenvalue weighted by molar-refractivity contribution is 7.99. The van der Waals surface area contributed by atoms with Crippen LogP contribution in [-0.2, 0) is 20.9 Å². The maximum Gasteiger partial charge on any atom is 0.309 e. The van der Waals surface area contributed by atoms with Gasteiger partial charge in [-0.15, -0.1) is 0 Å². The number of benzene rings is 1. The molecule has 0 heterocycles. The molecular weight excluding hydrogens is 293 g/mol. The number of amides is 1. The van der Waals surface area contributed by atoms with Gasteiger partial charge in [-0.3, -0.25) is 9.59 Å². The molecule has 0 aliphatic carbocycles. The van der Waals surface area contributed by atoms with Gasteiger partial charge in [0.05, 0.1) is 18.8 Å². The van der Waals surface area contributed by atoms with Crippen molar-refractivity contribution in [1.82, 2.24) is 4.90 Å². The molecule has 1 unspecified atom stereocenters. The number of nitrogens with zero attached hydrogens (tertiary/aromatic N) is 1. The summed E-state index contributed by atoms with van der Waals surface area (Å²) in [5.41, 5.74) is 0.487. The van der Waals surface area contributed by atoms with Crippen LogP contribution in [0.4, 0.5) is 4.39 Å². The summed E-state index contributed by atoms with van der Waals surface area (Å²) in [7, 11) is 2.98. The van der Waals surface area contributed by atoms with Crippen LogP contribution >= 0.6 is 11.8 Å². The summed E-state index contributed by atoms with van der Waals surface area (Å²) in [5.74, 6) is -0.165. The molecule has 1 amide bonds. The van der Waals surface area contributed by atoms with Gasteiger partial charge < -0.3 is 9.64 Å². The zero-order valence-corrected chi connectivity index (χ0v) is 13.3. The number of carbonyl (C=O) groups excluding carboxylic acids is 2. The van der Waals surface area contributed by atoms with Crippen molar-refractivity contribution in [3.8, 4) is 0 Å². The van der Waals surface area contributed by atoms with Gasteiger partial charge in [0.2, 0.25) is 5.91 Å². The second-order valence-electron chi connectivity index (χ2n) is 4.78. The van der Waals surface area contributed by atoms with Crippen LogP contribution in [0.2, 0.25) is 0 Å². The van der Waals surface area contributed by atoms with Crippen molar-refractivity contribution in [1.29, 1.82) is 0 Å². The van der Waals surface area contributed by atoms with Gasteiger partial charge >= 0.3 is 5.97 Å². The molecule has 0 radical (unpaired) electrons. The summed E-state index contributed by atoms with van der Waals surface area (Å²) < 4.78 is 18.1. The molecule has 4 nitrogen and oxygen atoms in total. The number of thioether (sulfide) groups is 1. The van der Waals surface area contributed by atoms with E-state index in [1.165, 1.54) is 29.8 Å². The van der Waals surface area contributed by atoms with Crippen molar-refractivity contribution < 1.29 is 18.7 Å². The van der Waals surface area contributed by atoms with Crippen LogP contribution in [0.3, 0.4) is 0 Å². The van der Waals surface area contributed by atoms with E-state index in [1.54, 1.807) is 32.2 Å². The third-order valence-corrected chi connectivity index (χ3v) is 4.17. The van der Waals surface area contributed by atoms with Gasteiger partial charge in [0.25, 0.3) is 0 Å². The fourth-order valence-electron chi connectivity index (χ4n) is 1.67. The second kappa shape index (κ2) is 8.67. The van der Waals surface area contributed by atoms with Crippen LogP contribution in [0.25, 0.3) is 0 Å².